The van der Waals surface area contributed by atoms with Crippen molar-refractivity contribution in [3.05, 3.63) is 5.82 Å². The minimum Gasteiger partial charge on any atom is -0.290 e. The first-order valence-electron chi connectivity index (χ1n) is 4.05. The summed E-state index contributed by atoms with van der Waals surface area (Å²) in [4.78, 5) is 4.10. The number of fused-ring (bicyclic) bond motifs is 1. The average molecular weight is 164 g/mol. The van der Waals surface area contributed by atoms with Gasteiger partial charge in [-0.25, -0.2) is 4.99 Å². The maximum absolute atomic E-state index is 4.11. The summed E-state index contributed by atoms with van der Waals surface area (Å²) in [5, 5.41) is 8.09. The largest absolute Gasteiger partial charge is 0.290 e. The van der Waals surface area contributed by atoms with Gasteiger partial charge in [-0.1, -0.05) is 20.8 Å². The molecule has 0 radical (unpaired) electrons. The second-order valence-electron chi connectivity index (χ2n) is 4.00. The van der Waals surface area contributed by atoms with E-state index in [9.17, 15) is 0 Å². The Hall–Kier alpha value is -1.19. The van der Waals surface area contributed by atoms with E-state index in [0.29, 0.717) is 0 Å². The van der Waals surface area contributed by atoms with Crippen LogP contribution in [0.25, 0.3) is 0 Å². The van der Waals surface area contributed by atoms with Gasteiger partial charge in [0.05, 0.1) is 6.54 Å². The molecule has 64 valence electrons. The van der Waals surface area contributed by atoms with Crippen molar-refractivity contribution in [2.45, 2.75) is 32.7 Å². The highest BCUT2D eigenvalue weighted by atomic mass is 15.4. The summed E-state index contributed by atoms with van der Waals surface area (Å²) < 4.78 is 2.04. The zero-order chi connectivity index (χ0) is 8.77. The summed E-state index contributed by atoms with van der Waals surface area (Å²) in [5.41, 5.74) is 0.0545. The van der Waals surface area contributed by atoms with Crippen LogP contribution in [0, 0.1) is 0 Å². The van der Waals surface area contributed by atoms with Gasteiger partial charge in [0, 0.05) is 11.6 Å². The fraction of sp³-hybridized carbons (Fsp3) is 0.625. The van der Waals surface area contributed by atoms with Crippen LogP contribution in [0.1, 0.15) is 26.6 Å². The summed E-state index contributed by atoms with van der Waals surface area (Å²) in [5.74, 6) is 1.75. The molecule has 0 aromatic carbocycles. The normalized spacial score (nSPS) is 15.2. The smallest absolute Gasteiger partial charge is 0.250 e. The lowest BCUT2D eigenvalue weighted by atomic mass is 9.96. The van der Waals surface area contributed by atoms with Gasteiger partial charge in [0.1, 0.15) is 5.82 Å². The molecule has 0 unspecified atom stereocenters. The van der Waals surface area contributed by atoms with Crippen LogP contribution in [-0.2, 0) is 12.0 Å². The van der Waals surface area contributed by atoms with Crippen molar-refractivity contribution in [3.63, 3.8) is 0 Å². The third-order valence-corrected chi connectivity index (χ3v) is 1.87. The first kappa shape index (κ1) is 7.46. The second-order valence-corrected chi connectivity index (χ2v) is 4.00. The molecule has 0 saturated carbocycles. The monoisotopic (exact) mass is 164 g/mol. The van der Waals surface area contributed by atoms with Crippen molar-refractivity contribution in [1.82, 2.24) is 14.8 Å². The molecular weight excluding hydrogens is 152 g/mol. The standard InChI is InChI=1S/C8H12N4/c1-8(2,3)6-10-11-7-9-4-5-12(6)7/h4H,5H2,1-3H3. The zero-order valence-corrected chi connectivity index (χ0v) is 7.57. The predicted octanol–water partition coefficient (Wildman–Crippen LogP) is 1.29. The van der Waals surface area contributed by atoms with Gasteiger partial charge in [-0.2, -0.15) is 0 Å². The molecule has 1 aromatic heterocycles. The maximum atomic E-state index is 4.11. The van der Waals surface area contributed by atoms with Crippen molar-refractivity contribution in [1.29, 1.82) is 0 Å². The molecule has 0 bridgehead atoms. The molecule has 0 N–H and O–H groups in total. The van der Waals surface area contributed by atoms with Crippen LogP contribution in [-0.4, -0.2) is 21.0 Å². The fourth-order valence-electron chi connectivity index (χ4n) is 1.32. The molecule has 2 rings (SSSR count). The maximum Gasteiger partial charge on any atom is 0.250 e. The number of rotatable bonds is 0. The van der Waals surface area contributed by atoms with Gasteiger partial charge >= 0.3 is 0 Å². The third-order valence-electron chi connectivity index (χ3n) is 1.87. The van der Waals surface area contributed by atoms with Crippen molar-refractivity contribution >= 4 is 12.2 Å². The second kappa shape index (κ2) is 2.15. The van der Waals surface area contributed by atoms with Crippen LogP contribution in [0.2, 0.25) is 0 Å². The Morgan fingerprint density at radius 2 is 2.08 bits per heavy atom. The molecule has 0 atom stereocenters. The molecule has 1 aliphatic rings. The van der Waals surface area contributed by atoms with Gasteiger partial charge in [-0.15, -0.1) is 10.2 Å². The lowest BCUT2D eigenvalue weighted by Crippen LogP contribution is -2.18. The minimum atomic E-state index is 0.0545. The molecule has 0 saturated heterocycles. The summed E-state index contributed by atoms with van der Waals surface area (Å²) in [6.45, 7) is 7.20. The first-order valence-corrected chi connectivity index (χ1v) is 4.05. The van der Waals surface area contributed by atoms with Crippen molar-refractivity contribution in [3.8, 4) is 0 Å². The quantitative estimate of drug-likeness (QED) is 0.580. The summed E-state index contributed by atoms with van der Waals surface area (Å²) in [6, 6.07) is 0. The molecule has 4 heteroatoms. The van der Waals surface area contributed by atoms with Crippen molar-refractivity contribution < 1.29 is 0 Å². The Kier molecular flexibility index (Phi) is 1.34. The summed E-state index contributed by atoms with van der Waals surface area (Å²) in [7, 11) is 0. The van der Waals surface area contributed by atoms with Crippen LogP contribution in [0.3, 0.4) is 0 Å². The van der Waals surface area contributed by atoms with Gasteiger partial charge in [0.2, 0.25) is 0 Å². The highest BCUT2D eigenvalue weighted by Gasteiger charge is 2.24. The van der Waals surface area contributed by atoms with Crippen LogP contribution >= 0.6 is 0 Å². The molecule has 1 aromatic rings. The first-order chi connectivity index (χ1) is 5.59. The number of hydrogen-bond donors (Lipinski definition) is 0. The summed E-state index contributed by atoms with van der Waals surface area (Å²) in [6.07, 6.45) is 1.86. The van der Waals surface area contributed by atoms with Gasteiger partial charge in [0.25, 0.3) is 5.95 Å². The van der Waals surface area contributed by atoms with E-state index in [1.165, 1.54) is 0 Å². The van der Waals surface area contributed by atoms with E-state index in [1.54, 1.807) is 0 Å². The molecule has 0 amide bonds. The highest BCUT2D eigenvalue weighted by molar-refractivity contribution is 5.65. The summed E-state index contributed by atoms with van der Waals surface area (Å²) >= 11 is 0. The van der Waals surface area contributed by atoms with E-state index in [-0.39, 0.29) is 5.41 Å². The molecule has 12 heavy (non-hydrogen) atoms. The zero-order valence-electron chi connectivity index (χ0n) is 7.57. The Morgan fingerprint density at radius 3 is 2.75 bits per heavy atom. The molecule has 0 aliphatic carbocycles. The lowest BCUT2D eigenvalue weighted by Gasteiger charge is -2.16. The van der Waals surface area contributed by atoms with E-state index >= 15 is 0 Å². The number of hydrogen-bond acceptors (Lipinski definition) is 3. The Balaban J connectivity index is 2.50. The van der Waals surface area contributed by atoms with E-state index in [1.807, 2.05) is 10.8 Å². The van der Waals surface area contributed by atoms with Crippen LogP contribution in [0.15, 0.2) is 4.99 Å². The Morgan fingerprint density at radius 1 is 1.33 bits per heavy atom. The predicted molar refractivity (Wildman–Crippen MR) is 46.9 cm³/mol. The Bertz CT molecular complexity index is 329. The van der Waals surface area contributed by atoms with Crippen LogP contribution in [0.4, 0.5) is 5.95 Å². The molecule has 2 heterocycles. The fourth-order valence-corrected chi connectivity index (χ4v) is 1.32. The molecule has 0 fully saturated rings. The topological polar surface area (TPSA) is 43.1 Å². The number of aromatic nitrogens is 3. The Labute approximate surface area is 71.3 Å². The highest BCUT2D eigenvalue weighted by Crippen LogP contribution is 2.25. The van der Waals surface area contributed by atoms with Crippen LogP contribution < -0.4 is 0 Å². The molecule has 4 nitrogen and oxygen atoms in total. The van der Waals surface area contributed by atoms with Crippen LogP contribution in [0.5, 0.6) is 0 Å². The number of aliphatic imine (C=N–C) groups is 1. The lowest BCUT2D eigenvalue weighted by molar-refractivity contribution is 0.518. The molecular formula is C8H12N4. The molecule has 1 aliphatic heterocycles. The molecule has 0 spiro atoms. The van der Waals surface area contributed by atoms with Gasteiger partial charge in [-0.05, 0) is 0 Å². The van der Waals surface area contributed by atoms with E-state index in [2.05, 4.69) is 36.0 Å². The van der Waals surface area contributed by atoms with Crippen molar-refractivity contribution in [2.24, 2.45) is 4.99 Å². The average Bonchev–Trinajstić information content (AvgIpc) is 2.37. The third kappa shape index (κ3) is 0.948. The van der Waals surface area contributed by atoms with E-state index < -0.39 is 0 Å². The SMILES string of the molecule is CC(C)(C)c1nnc2n1CC=N2. The van der Waals surface area contributed by atoms with E-state index in [0.717, 1.165) is 18.3 Å². The minimum absolute atomic E-state index is 0.0545. The van der Waals surface area contributed by atoms with E-state index in [4.69, 9.17) is 0 Å². The van der Waals surface area contributed by atoms with Gasteiger partial charge in [-0.3, -0.25) is 4.57 Å². The van der Waals surface area contributed by atoms with Gasteiger partial charge in [0.15, 0.2) is 0 Å². The van der Waals surface area contributed by atoms with Crippen molar-refractivity contribution in [2.75, 3.05) is 0 Å². The van der Waals surface area contributed by atoms with Gasteiger partial charge < -0.3 is 0 Å². The number of nitrogens with zero attached hydrogens (tertiary/aromatic N) is 4.